The Bertz CT molecular complexity index is 678. The third-order valence-corrected chi connectivity index (χ3v) is 3.86. The summed E-state index contributed by atoms with van der Waals surface area (Å²) in [5.41, 5.74) is 0.0765. The van der Waals surface area contributed by atoms with Crippen molar-refractivity contribution in [1.82, 2.24) is 10.3 Å². The number of hydrogen-bond donors (Lipinski definition) is 1. The number of pyridine rings is 1. The van der Waals surface area contributed by atoms with Crippen molar-refractivity contribution in [2.75, 3.05) is 0 Å². The average Bonchev–Trinajstić information content (AvgIpc) is 2.76. The van der Waals surface area contributed by atoms with E-state index < -0.39 is 17.7 Å². The predicted molar refractivity (Wildman–Crippen MR) is 82.8 cm³/mol. The molecule has 0 aliphatic rings. The van der Waals surface area contributed by atoms with Gasteiger partial charge in [0.1, 0.15) is 23.1 Å². The van der Waals surface area contributed by atoms with Crippen LogP contribution in [-0.2, 0) is 9.53 Å². The maximum absolute atomic E-state index is 11.7. The number of ether oxygens (including phenoxy) is 1. The van der Waals surface area contributed by atoms with E-state index in [9.17, 15) is 9.59 Å². The number of amides is 1. The van der Waals surface area contributed by atoms with Crippen LogP contribution in [0.2, 0.25) is 5.15 Å². The first-order chi connectivity index (χ1) is 9.78. The van der Waals surface area contributed by atoms with Gasteiger partial charge in [-0.1, -0.05) is 11.6 Å². The molecule has 2 heterocycles. The Morgan fingerprint density at radius 2 is 2.19 bits per heavy atom. The molecule has 0 aliphatic heterocycles. The number of thiophene rings is 1. The van der Waals surface area contributed by atoms with E-state index in [1.165, 1.54) is 11.3 Å². The van der Waals surface area contributed by atoms with Gasteiger partial charge in [-0.2, -0.15) is 0 Å². The summed E-state index contributed by atoms with van der Waals surface area (Å²) < 4.78 is 6.04. The second kappa shape index (κ2) is 5.99. The zero-order valence-electron chi connectivity index (χ0n) is 11.8. The van der Waals surface area contributed by atoms with Crippen LogP contribution in [0.3, 0.4) is 0 Å². The number of aromatic nitrogens is 1. The molecule has 21 heavy (non-hydrogen) atoms. The van der Waals surface area contributed by atoms with Gasteiger partial charge in [-0.3, -0.25) is 0 Å². The molecule has 1 unspecified atom stereocenters. The molecule has 0 radical (unpaired) electrons. The van der Waals surface area contributed by atoms with Crippen molar-refractivity contribution in [3.8, 4) is 0 Å². The van der Waals surface area contributed by atoms with Crippen molar-refractivity contribution < 1.29 is 14.3 Å². The van der Waals surface area contributed by atoms with Crippen LogP contribution < -0.4 is 5.32 Å². The Balaban J connectivity index is 2.19. The largest absolute Gasteiger partial charge is 0.444 e. The first-order valence-electron chi connectivity index (χ1n) is 6.29. The van der Waals surface area contributed by atoms with Gasteiger partial charge in [-0.15, -0.1) is 11.3 Å². The van der Waals surface area contributed by atoms with Gasteiger partial charge in [0.15, 0.2) is 0 Å². The van der Waals surface area contributed by atoms with E-state index in [2.05, 4.69) is 10.3 Å². The van der Waals surface area contributed by atoms with Crippen LogP contribution in [0.1, 0.15) is 31.7 Å². The number of aldehydes is 1. The van der Waals surface area contributed by atoms with Crippen molar-refractivity contribution >= 4 is 45.5 Å². The standard InChI is InChI=1S/C14H15ClN2O3S/c1-14(2,3)20-13(19)17-9(7-18)11-6-8-10(21-11)4-5-12(15)16-8/h4-7,9H,1-3H3,(H,17,19). The fourth-order valence-corrected chi connectivity index (χ4v) is 2.84. The molecule has 0 spiro atoms. The number of carbonyl (C=O) groups is 2. The molecule has 2 aromatic heterocycles. The second-order valence-electron chi connectivity index (χ2n) is 5.43. The smallest absolute Gasteiger partial charge is 0.408 e. The third kappa shape index (κ3) is 4.15. The van der Waals surface area contributed by atoms with Crippen molar-refractivity contribution in [1.29, 1.82) is 0 Å². The van der Waals surface area contributed by atoms with Gasteiger partial charge in [0.05, 0.1) is 10.2 Å². The van der Waals surface area contributed by atoms with Gasteiger partial charge in [0.2, 0.25) is 0 Å². The normalized spacial score (nSPS) is 13.0. The molecule has 5 nitrogen and oxygen atoms in total. The van der Waals surface area contributed by atoms with Crippen LogP contribution in [0.25, 0.3) is 10.2 Å². The number of rotatable bonds is 3. The number of carbonyl (C=O) groups excluding carboxylic acids is 2. The molecule has 0 aliphatic carbocycles. The Hall–Kier alpha value is -1.66. The van der Waals surface area contributed by atoms with Gasteiger partial charge in [-0.25, -0.2) is 9.78 Å². The third-order valence-electron chi connectivity index (χ3n) is 2.47. The van der Waals surface area contributed by atoms with Gasteiger partial charge < -0.3 is 14.8 Å². The minimum Gasteiger partial charge on any atom is -0.444 e. The number of alkyl carbamates (subject to hydrolysis) is 1. The lowest BCUT2D eigenvalue weighted by Gasteiger charge is -2.21. The van der Waals surface area contributed by atoms with Gasteiger partial charge in [-0.05, 0) is 39.0 Å². The van der Waals surface area contributed by atoms with Crippen LogP contribution in [0.4, 0.5) is 4.79 Å². The molecule has 112 valence electrons. The fourth-order valence-electron chi connectivity index (χ4n) is 1.68. The van der Waals surface area contributed by atoms with Gasteiger partial charge >= 0.3 is 6.09 Å². The van der Waals surface area contributed by atoms with Crippen molar-refractivity contribution in [2.24, 2.45) is 0 Å². The number of hydrogen-bond acceptors (Lipinski definition) is 5. The summed E-state index contributed by atoms with van der Waals surface area (Å²) in [6, 6.07) is 4.48. The average molecular weight is 327 g/mol. The van der Waals surface area contributed by atoms with Gasteiger partial charge in [0.25, 0.3) is 0 Å². The summed E-state index contributed by atoms with van der Waals surface area (Å²) >= 11 is 7.21. The lowest BCUT2D eigenvalue weighted by molar-refractivity contribution is -0.109. The molecule has 2 aromatic rings. The van der Waals surface area contributed by atoms with Crippen molar-refractivity contribution in [3.63, 3.8) is 0 Å². The van der Waals surface area contributed by atoms with Crippen molar-refractivity contribution in [3.05, 3.63) is 28.2 Å². The molecule has 0 bridgehead atoms. The predicted octanol–water partition coefficient (Wildman–Crippen LogP) is 3.71. The number of halogens is 1. The summed E-state index contributed by atoms with van der Waals surface area (Å²) in [6.45, 7) is 5.27. The zero-order valence-corrected chi connectivity index (χ0v) is 13.4. The van der Waals surface area contributed by atoms with Crippen LogP contribution in [0.5, 0.6) is 0 Å². The van der Waals surface area contributed by atoms with Crippen molar-refractivity contribution in [2.45, 2.75) is 32.4 Å². The van der Waals surface area contributed by atoms with Crippen LogP contribution in [0.15, 0.2) is 18.2 Å². The SMILES string of the molecule is CC(C)(C)OC(=O)NC(C=O)c1cc2nc(Cl)ccc2s1. The summed E-state index contributed by atoms with van der Waals surface area (Å²) in [6.07, 6.45) is 0.0269. The molecule has 0 fully saturated rings. The minimum absolute atomic E-state index is 0.384. The molecule has 1 N–H and O–H groups in total. The Labute approximate surface area is 131 Å². The topological polar surface area (TPSA) is 68.3 Å². The molecule has 0 saturated carbocycles. The molecule has 1 amide bonds. The zero-order chi connectivity index (χ0) is 15.6. The minimum atomic E-state index is -0.766. The molecule has 2 rings (SSSR count). The highest BCUT2D eigenvalue weighted by atomic mass is 35.5. The number of nitrogens with zero attached hydrogens (tertiary/aromatic N) is 1. The van der Waals surface area contributed by atoms with Crippen LogP contribution in [0, 0.1) is 0 Å². The first kappa shape index (κ1) is 15.7. The number of fused-ring (bicyclic) bond motifs is 1. The molecular weight excluding hydrogens is 312 g/mol. The molecule has 0 aromatic carbocycles. The maximum Gasteiger partial charge on any atom is 0.408 e. The highest BCUT2D eigenvalue weighted by Gasteiger charge is 2.21. The quantitative estimate of drug-likeness (QED) is 0.689. The summed E-state index contributed by atoms with van der Waals surface area (Å²) in [7, 11) is 0. The Kier molecular flexibility index (Phi) is 4.49. The van der Waals surface area contributed by atoms with E-state index in [1.807, 2.05) is 6.07 Å². The van der Waals surface area contributed by atoms with E-state index in [0.29, 0.717) is 21.8 Å². The lowest BCUT2D eigenvalue weighted by Crippen LogP contribution is -2.35. The molecule has 7 heteroatoms. The van der Waals surface area contributed by atoms with Gasteiger partial charge in [0, 0.05) is 4.88 Å². The van der Waals surface area contributed by atoms with E-state index in [4.69, 9.17) is 16.3 Å². The van der Waals surface area contributed by atoms with Crippen LogP contribution >= 0.6 is 22.9 Å². The lowest BCUT2D eigenvalue weighted by atomic mass is 10.2. The van der Waals surface area contributed by atoms with E-state index >= 15 is 0 Å². The Morgan fingerprint density at radius 1 is 1.48 bits per heavy atom. The molecular formula is C14H15ClN2O3S. The fraction of sp³-hybridized carbons (Fsp3) is 0.357. The monoisotopic (exact) mass is 326 g/mol. The first-order valence-corrected chi connectivity index (χ1v) is 7.49. The molecule has 1 atom stereocenters. The highest BCUT2D eigenvalue weighted by Crippen LogP contribution is 2.29. The second-order valence-corrected chi connectivity index (χ2v) is 6.93. The summed E-state index contributed by atoms with van der Waals surface area (Å²) in [4.78, 5) is 27.8. The van der Waals surface area contributed by atoms with E-state index in [0.717, 1.165) is 4.70 Å². The highest BCUT2D eigenvalue weighted by molar-refractivity contribution is 7.19. The number of nitrogens with one attached hydrogen (secondary N) is 1. The molecule has 0 saturated heterocycles. The maximum atomic E-state index is 11.7. The summed E-state index contributed by atoms with van der Waals surface area (Å²) in [5, 5.41) is 2.92. The summed E-state index contributed by atoms with van der Waals surface area (Å²) in [5.74, 6) is 0. The van der Waals surface area contributed by atoms with Crippen LogP contribution in [-0.4, -0.2) is 23.0 Å². The van der Waals surface area contributed by atoms with E-state index in [-0.39, 0.29) is 0 Å². The Morgan fingerprint density at radius 3 is 2.81 bits per heavy atom. The van der Waals surface area contributed by atoms with E-state index in [1.54, 1.807) is 32.9 Å².